The Balaban J connectivity index is 2.31. The maximum absolute atomic E-state index is 12.5. The molecular weight excluding hydrogens is 304 g/mol. The normalized spacial score (nSPS) is 22.0. The van der Waals surface area contributed by atoms with Gasteiger partial charge in [-0.3, -0.25) is 10.1 Å². The number of sulfonamides is 1. The molecule has 0 aromatic carbocycles. The molecule has 0 radical (unpaired) electrons. The fourth-order valence-corrected chi connectivity index (χ4v) is 4.88. The summed E-state index contributed by atoms with van der Waals surface area (Å²) in [4.78, 5) is 12.1. The van der Waals surface area contributed by atoms with E-state index in [0.29, 0.717) is 19.6 Å². The van der Waals surface area contributed by atoms with E-state index in [9.17, 15) is 18.5 Å². The highest BCUT2D eigenvalue weighted by Crippen LogP contribution is 2.36. The van der Waals surface area contributed by atoms with Crippen LogP contribution in [-0.2, 0) is 10.0 Å². The van der Waals surface area contributed by atoms with Gasteiger partial charge in [-0.1, -0.05) is 11.3 Å². The fourth-order valence-electron chi connectivity index (χ4n) is 2.00. The molecule has 1 aliphatic heterocycles. The highest BCUT2D eigenvalue weighted by Gasteiger charge is 2.34. The molecule has 0 amide bonds. The molecule has 1 aromatic heterocycles. The Morgan fingerprint density at radius 2 is 2.15 bits per heavy atom. The largest absolute Gasteiger partial charge is 0.385 e. The van der Waals surface area contributed by atoms with Gasteiger partial charge in [-0.25, -0.2) is 8.42 Å². The van der Waals surface area contributed by atoms with Gasteiger partial charge in [-0.2, -0.15) is 4.31 Å². The number of hydrogen-bond donors (Lipinski definition) is 1. The zero-order chi connectivity index (χ0) is 15.1. The summed E-state index contributed by atoms with van der Waals surface area (Å²) in [5, 5.41) is 10.7. The molecule has 0 saturated carbocycles. The van der Waals surface area contributed by atoms with E-state index in [0.717, 1.165) is 17.4 Å². The molecule has 2 heterocycles. The lowest BCUT2D eigenvalue weighted by Crippen LogP contribution is -2.51. The van der Waals surface area contributed by atoms with E-state index in [1.165, 1.54) is 4.31 Å². The predicted octanol–water partition coefficient (Wildman–Crippen LogP) is 0.563. The molecule has 0 bridgehead atoms. The van der Waals surface area contributed by atoms with Gasteiger partial charge in [0.15, 0.2) is 5.00 Å². The van der Waals surface area contributed by atoms with Crippen LogP contribution in [0.4, 0.5) is 10.7 Å². The highest BCUT2D eigenvalue weighted by molar-refractivity contribution is 7.91. The van der Waals surface area contributed by atoms with E-state index in [2.05, 4.69) is 4.90 Å². The Morgan fingerprint density at radius 3 is 2.65 bits per heavy atom. The van der Waals surface area contributed by atoms with Gasteiger partial charge in [0.1, 0.15) is 4.21 Å². The summed E-state index contributed by atoms with van der Waals surface area (Å²) >= 11 is 0.738. The minimum Gasteiger partial charge on any atom is -0.385 e. The Labute approximate surface area is 121 Å². The third kappa shape index (κ3) is 2.64. The Kier molecular flexibility index (Phi) is 4.00. The van der Waals surface area contributed by atoms with Crippen LogP contribution in [0.5, 0.6) is 0 Å². The Hall–Kier alpha value is -1.23. The number of nitrogens with zero attached hydrogens (tertiary/aromatic N) is 3. The molecule has 8 nitrogen and oxygen atoms in total. The van der Waals surface area contributed by atoms with E-state index in [4.69, 9.17) is 5.73 Å². The van der Waals surface area contributed by atoms with Crippen LogP contribution >= 0.6 is 11.3 Å². The molecule has 1 aliphatic rings. The lowest BCUT2D eigenvalue weighted by molar-refractivity contribution is -0.383. The molecule has 1 aromatic rings. The smallest absolute Gasteiger partial charge is 0.304 e. The molecule has 2 N–H and O–H groups in total. The molecule has 1 saturated heterocycles. The average Bonchev–Trinajstić information content (AvgIpc) is 2.75. The first-order valence-corrected chi connectivity index (χ1v) is 8.23. The van der Waals surface area contributed by atoms with E-state index >= 15 is 0 Å². The molecule has 10 heteroatoms. The van der Waals surface area contributed by atoms with Crippen LogP contribution in [-0.4, -0.2) is 55.3 Å². The second-order valence-electron chi connectivity index (χ2n) is 4.76. The second kappa shape index (κ2) is 5.28. The van der Waals surface area contributed by atoms with Crippen molar-refractivity contribution >= 4 is 32.0 Å². The van der Waals surface area contributed by atoms with Gasteiger partial charge in [-0.15, -0.1) is 0 Å². The van der Waals surface area contributed by atoms with E-state index < -0.39 is 14.9 Å². The summed E-state index contributed by atoms with van der Waals surface area (Å²) < 4.78 is 26.2. The van der Waals surface area contributed by atoms with Crippen LogP contribution in [0.3, 0.4) is 0 Å². The van der Waals surface area contributed by atoms with Crippen molar-refractivity contribution < 1.29 is 13.3 Å². The molecular formula is C10H16N4O4S2. The first kappa shape index (κ1) is 15.2. The lowest BCUT2D eigenvalue weighted by atomic mass is 10.2. The van der Waals surface area contributed by atoms with Gasteiger partial charge >= 0.3 is 5.69 Å². The quantitative estimate of drug-likeness (QED) is 0.644. The van der Waals surface area contributed by atoms with Crippen molar-refractivity contribution in [1.29, 1.82) is 0 Å². The van der Waals surface area contributed by atoms with Crippen molar-refractivity contribution in [3.05, 3.63) is 16.2 Å². The molecule has 112 valence electrons. The third-order valence-corrected chi connectivity index (χ3v) is 6.70. The van der Waals surface area contributed by atoms with Crippen molar-refractivity contribution in [3.63, 3.8) is 0 Å². The fraction of sp³-hybridized carbons (Fsp3) is 0.600. The number of nitrogens with two attached hydrogens (primary N) is 1. The van der Waals surface area contributed by atoms with Crippen molar-refractivity contribution in [2.45, 2.75) is 17.2 Å². The van der Waals surface area contributed by atoms with Crippen LogP contribution < -0.4 is 5.73 Å². The number of thiophene rings is 1. The summed E-state index contributed by atoms with van der Waals surface area (Å²) in [7, 11) is -1.78. The SMILES string of the molecule is CC1CN(S(=O)(=O)c2cc([N+](=O)[O-])c(N)s2)CCN1C. The predicted molar refractivity (Wildman–Crippen MR) is 76.2 cm³/mol. The molecule has 0 spiro atoms. The average molecular weight is 320 g/mol. The molecule has 0 aliphatic carbocycles. The van der Waals surface area contributed by atoms with Crippen LogP contribution in [0.15, 0.2) is 10.3 Å². The van der Waals surface area contributed by atoms with Crippen LogP contribution in [0, 0.1) is 10.1 Å². The van der Waals surface area contributed by atoms with Crippen molar-refractivity contribution in [2.75, 3.05) is 32.4 Å². The van der Waals surface area contributed by atoms with Crippen molar-refractivity contribution in [2.24, 2.45) is 0 Å². The van der Waals surface area contributed by atoms with Crippen molar-refractivity contribution in [3.8, 4) is 0 Å². The van der Waals surface area contributed by atoms with Gasteiger partial charge < -0.3 is 10.6 Å². The topological polar surface area (TPSA) is 110 Å². The molecule has 1 fully saturated rings. The lowest BCUT2D eigenvalue weighted by Gasteiger charge is -2.36. The first-order chi connectivity index (χ1) is 9.23. The molecule has 1 unspecified atom stereocenters. The van der Waals surface area contributed by atoms with Gasteiger partial charge in [0, 0.05) is 31.7 Å². The maximum Gasteiger partial charge on any atom is 0.304 e. The maximum atomic E-state index is 12.5. The highest BCUT2D eigenvalue weighted by atomic mass is 32.2. The monoisotopic (exact) mass is 320 g/mol. The van der Waals surface area contributed by atoms with Crippen molar-refractivity contribution in [1.82, 2.24) is 9.21 Å². The zero-order valence-corrected chi connectivity index (χ0v) is 12.8. The van der Waals surface area contributed by atoms with Gasteiger partial charge in [-0.05, 0) is 14.0 Å². The summed E-state index contributed by atoms with van der Waals surface area (Å²) in [5.41, 5.74) is 5.15. The zero-order valence-electron chi connectivity index (χ0n) is 11.1. The Morgan fingerprint density at radius 1 is 1.50 bits per heavy atom. The number of nitrogen functional groups attached to an aromatic ring is 1. The standard InChI is InChI=1S/C10H16N4O4S2/c1-7-6-13(4-3-12(7)2)20(17,18)9-5-8(14(15)16)10(11)19-9/h5,7H,3-4,6,11H2,1-2H3. The number of anilines is 1. The summed E-state index contributed by atoms with van der Waals surface area (Å²) in [6, 6.07) is 1.14. The van der Waals surface area contributed by atoms with Gasteiger partial charge in [0.05, 0.1) is 4.92 Å². The van der Waals surface area contributed by atoms with Gasteiger partial charge in [0.25, 0.3) is 10.0 Å². The minimum atomic E-state index is -3.71. The van der Waals surface area contributed by atoms with Crippen LogP contribution in [0.1, 0.15) is 6.92 Å². The first-order valence-electron chi connectivity index (χ1n) is 5.97. The van der Waals surface area contributed by atoms with Crippen LogP contribution in [0.25, 0.3) is 0 Å². The third-order valence-electron chi connectivity index (χ3n) is 3.43. The molecule has 20 heavy (non-hydrogen) atoms. The number of nitro groups is 1. The minimum absolute atomic E-state index is 0.0709. The molecule has 1 atom stereocenters. The second-order valence-corrected chi connectivity index (χ2v) is 8.01. The summed E-state index contributed by atoms with van der Waals surface area (Å²) in [6.45, 7) is 3.30. The summed E-state index contributed by atoms with van der Waals surface area (Å²) in [5.74, 6) is 0. The van der Waals surface area contributed by atoms with Gasteiger partial charge in [0.2, 0.25) is 0 Å². The number of likely N-dealkylation sites (N-methyl/N-ethyl adjacent to an activating group) is 1. The van der Waals surface area contributed by atoms with Crippen LogP contribution in [0.2, 0.25) is 0 Å². The van der Waals surface area contributed by atoms with E-state index in [1.54, 1.807) is 0 Å². The summed E-state index contributed by atoms with van der Waals surface area (Å²) in [6.07, 6.45) is 0. The van der Waals surface area contributed by atoms with E-state index in [1.807, 2.05) is 14.0 Å². The molecule has 2 rings (SSSR count). The Bertz CT molecular complexity index is 627. The number of piperazine rings is 1. The van der Waals surface area contributed by atoms with E-state index in [-0.39, 0.29) is 20.9 Å². The number of hydrogen-bond acceptors (Lipinski definition) is 7. The number of rotatable bonds is 3.